The van der Waals surface area contributed by atoms with Gasteiger partial charge < -0.3 is 19.9 Å². The highest BCUT2D eigenvalue weighted by Gasteiger charge is 2.41. The van der Waals surface area contributed by atoms with Crippen molar-refractivity contribution in [2.75, 3.05) is 36.5 Å². The summed E-state index contributed by atoms with van der Waals surface area (Å²) in [5.41, 5.74) is 4.75. The van der Waals surface area contributed by atoms with Crippen LogP contribution in [0, 0.1) is 5.92 Å². The van der Waals surface area contributed by atoms with Gasteiger partial charge in [0.25, 0.3) is 0 Å². The fraction of sp³-hybridized carbons (Fsp3) is 0.296. The molecule has 5 nitrogen and oxygen atoms in total. The average Bonchev–Trinajstić information content (AvgIpc) is 2.87. The van der Waals surface area contributed by atoms with Crippen LogP contribution in [0.2, 0.25) is 0 Å². The maximum absolute atomic E-state index is 13.4. The van der Waals surface area contributed by atoms with Gasteiger partial charge in [-0.15, -0.1) is 0 Å². The molecule has 32 heavy (non-hydrogen) atoms. The maximum Gasteiger partial charge on any atom is 0.225 e. The molecule has 0 aliphatic carbocycles. The zero-order valence-corrected chi connectivity index (χ0v) is 18.4. The van der Waals surface area contributed by atoms with Crippen LogP contribution in [0.1, 0.15) is 11.1 Å². The molecule has 2 heterocycles. The molecular weight excluding hydrogens is 398 g/mol. The summed E-state index contributed by atoms with van der Waals surface area (Å²) in [5, 5.41) is 3.20. The normalized spacial score (nSPS) is 19.7. The minimum absolute atomic E-state index is 0.105. The molecule has 1 N–H and O–H groups in total. The molecule has 0 spiro atoms. The molecule has 5 rings (SSSR count). The van der Waals surface area contributed by atoms with Gasteiger partial charge in [0, 0.05) is 43.6 Å². The van der Waals surface area contributed by atoms with E-state index in [1.165, 1.54) is 16.9 Å². The van der Waals surface area contributed by atoms with E-state index in [1.807, 2.05) is 42.5 Å². The quantitative estimate of drug-likeness (QED) is 0.671. The van der Waals surface area contributed by atoms with Crippen LogP contribution < -0.4 is 19.9 Å². The SMILES string of the molecule is COc1ccc2c(c1)N1CCN(c3ccccc3)C[C@@H]1[C@H](C(=O)NCc1ccccc1)C2. The Kier molecular flexibility index (Phi) is 5.71. The lowest BCUT2D eigenvalue weighted by Crippen LogP contribution is -2.61. The van der Waals surface area contributed by atoms with Crippen LogP contribution in [-0.2, 0) is 17.8 Å². The number of hydrogen-bond donors (Lipinski definition) is 1. The number of nitrogens with one attached hydrogen (secondary N) is 1. The van der Waals surface area contributed by atoms with E-state index in [9.17, 15) is 4.79 Å². The molecule has 5 heteroatoms. The van der Waals surface area contributed by atoms with E-state index in [-0.39, 0.29) is 17.9 Å². The first-order chi connectivity index (χ1) is 15.7. The van der Waals surface area contributed by atoms with Crippen molar-refractivity contribution in [3.63, 3.8) is 0 Å². The number of amides is 1. The fourth-order valence-corrected chi connectivity index (χ4v) is 4.99. The summed E-state index contributed by atoms with van der Waals surface area (Å²) in [6, 6.07) is 27.0. The Bertz CT molecular complexity index is 1070. The summed E-state index contributed by atoms with van der Waals surface area (Å²) in [6.07, 6.45) is 0.740. The summed E-state index contributed by atoms with van der Waals surface area (Å²) >= 11 is 0. The number of methoxy groups -OCH3 is 1. The number of hydrogen-bond acceptors (Lipinski definition) is 4. The highest BCUT2D eigenvalue weighted by molar-refractivity contribution is 5.82. The topological polar surface area (TPSA) is 44.8 Å². The molecule has 0 unspecified atom stereocenters. The predicted molar refractivity (Wildman–Crippen MR) is 128 cm³/mol. The van der Waals surface area contributed by atoms with Gasteiger partial charge >= 0.3 is 0 Å². The van der Waals surface area contributed by atoms with Crippen LogP contribution >= 0.6 is 0 Å². The number of benzene rings is 3. The summed E-state index contributed by atoms with van der Waals surface area (Å²) in [6.45, 7) is 3.18. The van der Waals surface area contributed by atoms with Crippen molar-refractivity contribution in [2.24, 2.45) is 5.92 Å². The molecule has 0 saturated carbocycles. The lowest BCUT2D eigenvalue weighted by Gasteiger charge is -2.49. The number of anilines is 2. The molecule has 1 amide bonds. The number of carbonyl (C=O) groups is 1. The molecule has 3 aromatic carbocycles. The lowest BCUT2D eigenvalue weighted by atomic mass is 9.83. The average molecular weight is 428 g/mol. The van der Waals surface area contributed by atoms with E-state index in [1.54, 1.807) is 7.11 Å². The lowest BCUT2D eigenvalue weighted by molar-refractivity contribution is -0.126. The number of fused-ring (bicyclic) bond motifs is 3. The predicted octanol–water partition coefficient (Wildman–Crippen LogP) is 3.88. The Labute approximate surface area is 189 Å². The van der Waals surface area contributed by atoms with Gasteiger partial charge in [0.05, 0.1) is 19.1 Å². The molecule has 2 aliphatic rings. The third-order valence-electron chi connectivity index (χ3n) is 6.69. The Morgan fingerprint density at radius 1 is 1.00 bits per heavy atom. The first-order valence-electron chi connectivity index (χ1n) is 11.3. The smallest absolute Gasteiger partial charge is 0.225 e. The van der Waals surface area contributed by atoms with Crippen LogP contribution in [0.15, 0.2) is 78.9 Å². The standard InChI is InChI=1S/C27H29N3O2/c1-32-23-13-12-21-16-24(27(31)28-18-20-8-4-2-5-9-20)26-19-29(22-10-6-3-7-11-22)14-15-30(26)25(21)17-23/h2-13,17,24,26H,14-16,18-19H2,1H3,(H,28,31)/t24-,26-/m1/s1. The van der Waals surface area contributed by atoms with Gasteiger partial charge in [0.2, 0.25) is 5.91 Å². The number of ether oxygens (including phenoxy) is 1. The van der Waals surface area contributed by atoms with Gasteiger partial charge in [-0.2, -0.15) is 0 Å². The number of nitrogens with zero attached hydrogens (tertiary/aromatic N) is 2. The van der Waals surface area contributed by atoms with Crippen molar-refractivity contribution in [2.45, 2.75) is 19.0 Å². The van der Waals surface area contributed by atoms with Crippen molar-refractivity contribution in [3.05, 3.63) is 90.0 Å². The van der Waals surface area contributed by atoms with Crippen LogP contribution in [0.3, 0.4) is 0 Å². The van der Waals surface area contributed by atoms with E-state index in [0.717, 1.165) is 37.4 Å². The van der Waals surface area contributed by atoms with Gasteiger partial charge in [-0.05, 0) is 35.7 Å². The highest BCUT2D eigenvalue weighted by atomic mass is 16.5. The Hall–Kier alpha value is -3.47. The second-order valence-corrected chi connectivity index (χ2v) is 8.55. The van der Waals surface area contributed by atoms with E-state index < -0.39 is 0 Å². The summed E-state index contributed by atoms with van der Waals surface area (Å²) in [7, 11) is 1.70. The molecule has 2 aliphatic heterocycles. The minimum Gasteiger partial charge on any atom is -0.497 e. The Morgan fingerprint density at radius 2 is 1.75 bits per heavy atom. The second-order valence-electron chi connectivity index (χ2n) is 8.55. The zero-order valence-electron chi connectivity index (χ0n) is 18.4. The third-order valence-corrected chi connectivity index (χ3v) is 6.69. The molecule has 0 bridgehead atoms. The zero-order chi connectivity index (χ0) is 21.9. The van der Waals surface area contributed by atoms with Gasteiger partial charge in [-0.3, -0.25) is 4.79 Å². The van der Waals surface area contributed by atoms with Crippen molar-refractivity contribution in [1.29, 1.82) is 0 Å². The second kappa shape index (κ2) is 8.95. The molecule has 3 aromatic rings. The maximum atomic E-state index is 13.4. The van der Waals surface area contributed by atoms with Gasteiger partial charge in [-0.1, -0.05) is 54.6 Å². The van der Waals surface area contributed by atoms with Crippen LogP contribution in [-0.4, -0.2) is 38.7 Å². The van der Waals surface area contributed by atoms with Crippen molar-refractivity contribution in [3.8, 4) is 5.75 Å². The number of rotatable bonds is 5. The van der Waals surface area contributed by atoms with Gasteiger partial charge in [0.1, 0.15) is 5.75 Å². The van der Waals surface area contributed by atoms with Crippen molar-refractivity contribution >= 4 is 17.3 Å². The van der Waals surface area contributed by atoms with Gasteiger partial charge in [-0.25, -0.2) is 0 Å². The van der Waals surface area contributed by atoms with Crippen molar-refractivity contribution < 1.29 is 9.53 Å². The first-order valence-corrected chi connectivity index (χ1v) is 11.3. The summed E-state index contributed by atoms with van der Waals surface area (Å²) in [5.74, 6) is 0.881. The molecular formula is C27H29N3O2. The van der Waals surface area contributed by atoms with Gasteiger partial charge in [0.15, 0.2) is 0 Å². The van der Waals surface area contributed by atoms with Crippen LogP contribution in [0.5, 0.6) is 5.75 Å². The molecule has 0 radical (unpaired) electrons. The monoisotopic (exact) mass is 427 g/mol. The van der Waals surface area contributed by atoms with E-state index in [4.69, 9.17) is 4.74 Å². The molecule has 1 saturated heterocycles. The number of carbonyl (C=O) groups excluding carboxylic acids is 1. The number of piperazine rings is 1. The number of para-hydroxylation sites is 1. The minimum atomic E-state index is -0.105. The summed E-state index contributed by atoms with van der Waals surface area (Å²) < 4.78 is 5.50. The fourth-order valence-electron chi connectivity index (χ4n) is 4.99. The highest BCUT2D eigenvalue weighted by Crippen LogP contribution is 2.38. The molecule has 1 fully saturated rings. The summed E-state index contributed by atoms with van der Waals surface area (Å²) in [4.78, 5) is 18.3. The van der Waals surface area contributed by atoms with E-state index in [2.05, 4.69) is 51.5 Å². The Balaban J connectivity index is 1.42. The Morgan fingerprint density at radius 3 is 2.50 bits per heavy atom. The largest absolute Gasteiger partial charge is 0.497 e. The molecule has 0 aromatic heterocycles. The molecule has 2 atom stereocenters. The first kappa shape index (κ1) is 20.4. The van der Waals surface area contributed by atoms with Crippen molar-refractivity contribution in [1.82, 2.24) is 5.32 Å². The van der Waals surface area contributed by atoms with Crippen LogP contribution in [0.25, 0.3) is 0 Å². The van der Waals surface area contributed by atoms with E-state index >= 15 is 0 Å². The van der Waals surface area contributed by atoms with Crippen LogP contribution in [0.4, 0.5) is 11.4 Å². The third kappa shape index (κ3) is 4.03. The molecule has 164 valence electrons. The van der Waals surface area contributed by atoms with E-state index in [0.29, 0.717) is 6.54 Å².